The standard InChI is InChI=1S/C47H90O12S/c1-3-5-7-9-11-13-15-17-18-19-20-21-22-23-25-27-29-31-33-35-37-55-39-41(40-56-47-45(51)46(59-60(52,53)54)44(50)42(38-48)58-47)57-43(49)36-34-32-30-28-26-24-16-14-12-10-8-6-4-2/h17-18,41-42,44-48,50-51H,3-16,19-40H2,1-2H3,(H,52,53,54)/b18-17-. The van der Waals surface area contributed by atoms with E-state index in [-0.39, 0.29) is 19.6 Å². The highest BCUT2D eigenvalue weighted by atomic mass is 32.3. The quantitative estimate of drug-likeness (QED) is 0.0197. The smallest absolute Gasteiger partial charge is 0.397 e. The molecule has 1 rings (SSSR count). The van der Waals surface area contributed by atoms with Crippen molar-refractivity contribution in [3.05, 3.63) is 12.2 Å². The van der Waals surface area contributed by atoms with Gasteiger partial charge in [-0.2, -0.15) is 8.42 Å². The van der Waals surface area contributed by atoms with Crippen LogP contribution in [0.4, 0.5) is 0 Å². The summed E-state index contributed by atoms with van der Waals surface area (Å²) in [7, 11) is -5.06. The van der Waals surface area contributed by atoms with E-state index in [2.05, 4.69) is 30.2 Å². The van der Waals surface area contributed by atoms with Crippen LogP contribution in [0.25, 0.3) is 0 Å². The second kappa shape index (κ2) is 39.4. The number of ether oxygens (including phenoxy) is 4. The molecule has 0 bridgehead atoms. The van der Waals surface area contributed by atoms with E-state index in [0.717, 1.165) is 38.5 Å². The highest BCUT2D eigenvalue weighted by molar-refractivity contribution is 7.80. The van der Waals surface area contributed by atoms with Crippen molar-refractivity contribution >= 4 is 16.4 Å². The number of aliphatic hydroxyl groups is 3. The first-order valence-corrected chi connectivity index (χ1v) is 25.8. The maximum atomic E-state index is 12.8. The molecule has 1 heterocycles. The Kier molecular flexibility index (Phi) is 37.4. The lowest BCUT2D eigenvalue weighted by molar-refractivity contribution is -0.301. The Morgan fingerprint density at radius 1 is 0.617 bits per heavy atom. The number of hydrogen-bond donors (Lipinski definition) is 4. The molecule has 1 saturated heterocycles. The summed E-state index contributed by atoms with van der Waals surface area (Å²) in [6.45, 7) is 4.01. The number of hydrogen-bond acceptors (Lipinski definition) is 11. The zero-order chi connectivity index (χ0) is 43.9. The summed E-state index contributed by atoms with van der Waals surface area (Å²) in [5, 5.41) is 30.7. The third-order valence-corrected chi connectivity index (χ3v) is 11.9. The average Bonchev–Trinajstić information content (AvgIpc) is 3.22. The molecule has 6 atom stereocenters. The molecule has 4 N–H and O–H groups in total. The minimum atomic E-state index is -5.06. The van der Waals surface area contributed by atoms with Crippen molar-refractivity contribution in [1.82, 2.24) is 0 Å². The zero-order valence-electron chi connectivity index (χ0n) is 38.0. The summed E-state index contributed by atoms with van der Waals surface area (Å²) >= 11 is 0. The summed E-state index contributed by atoms with van der Waals surface area (Å²) in [4.78, 5) is 12.8. The molecular weight excluding hydrogens is 789 g/mol. The molecule has 0 aromatic rings. The topological polar surface area (TPSA) is 178 Å². The number of allylic oxidation sites excluding steroid dienone is 2. The molecule has 0 spiro atoms. The molecular formula is C47H90O12S. The van der Waals surface area contributed by atoms with Gasteiger partial charge in [-0.3, -0.25) is 9.35 Å². The monoisotopic (exact) mass is 879 g/mol. The Morgan fingerprint density at radius 3 is 1.50 bits per heavy atom. The number of carbonyl (C=O) groups excluding carboxylic acids is 1. The van der Waals surface area contributed by atoms with Gasteiger partial charge >= 0.3 is 16.4 Å². The van der Waals surface area contributed by atoms with E-state index < -0.39 is 59.8 Å². The largest absolute Gasteiger partial charge is 0.457 e. The summed E-state index contributed by atoms with van der Waals surface area (Å²) in [5.41, 5.74) is 0. The van der Waals surface area contributed by atoms with Crippen LogP contribution in [0.1, 0.15) is 219 Å². The van der Waals surface area contributed by atoms with Crippen molar-refractivity contribution < 1.29 is 56.2 Å². The van der Waals surface area contributed by atoms with Gasteiger partial charge in [-0.15, -0.1) is 0 Å². The van der Waals surface area contributed by atoms with Crippen LogP contribution < -0.4 is 0 Å². The van der Waals surface area contributed by atoms with E-state index >= 15 is 0 Å². The maximum Gasteiger partial charge on any atom is 0.397 e. The SMILES string of the molecule is CCCCCCCC/C=C\CCCCCCCCCCCCOCC(COC1OC(CO)C(O)C(OS(=O)(=O)O)C1O)OC(=O)CCCCCCCCCCCCCCC. The third-order valence-electron chi connectivity index (χ3n) is 11.4. The lowest BCUT2D eigenvalue weighted by atomic mass is 9.99. The van der Waals surface area contributed by atoms with Crippen molar-refractivity contribution in [1.29, 1.82) is 0 Å². The lowest BCUT2D eigenvalue weighted by Gasteiger charge is -2.41. The molecule has 0 radical (unpaired) electrons. The van der Waals surface area contributed by atoms with Gasteiger partial charge in [-0.25, -0.2) is 4.18 Å². The Balaban J connectivity index is 2.36. The third kappa shape index (κ3) is 32.5. The molecule has 0 aromatic carbocycles. The van der Waals surface area contributed by atoms with Gasteiger partial charge in [0.2, 0.25) is 0 Å². The van der Waals surface area contributed by atoms with Gasteiger partial charge in [0.15, 0.2) is 6.29 Å². The predicted octanol–water partition coefficient (Wildman–Crippen LogP) is 10.6. The van der Waals surface area contributed by atoms with Gasteiger partial charge in [-0.1, -0.05) is 187 Å². The van der Waals surface area contributed by atoms with Crippen LogP contribution in [0.3, 0.4) is 0 Å². The van der Waals surface area contributed by atoms with Gasteiger partial charge in [0.1, 0.15) is 30.5 Å². The molecule has 0 aromatic heterocycles. The fourth-order valence-electron chi connectivity index (χ4n) is 7.67. The number of carbonyl (C=O) groups is 1. The number of aliphatic hydroxyl groups excluding tert-OH is 3. The van der Waals surface area contributed by atoms with Crippen molar-refractivity contribution in [2.45, 2.75) is 256 Å². The van der Waals surface area contributed by atoms with Crippen LogP contribution >= 0.6 is 0 Å². The number of rotatable bonds is 43. The van der Waals surface area contributed by atoms with E-state index in [4.69, 9.17) is 23.5 Å². The van der Waals surface area contributed by atoms with Gasteiger partial charge in [0.05, 0.1) is 19.8 Å². The van der Waals surface area contributed by atoms with E-state index in [1.807, 2.05) is 0 Å². The van der Waals surface area contributed by atoms with Gasteiger partial charge < -0.3 is 34.3 Å². The molecule has 1 fully saturated rings. The molecule has 12 nitrogen and oxygen atoms in total. The summed E-state index contributed by atoms with van der Waals surface area (Å²) in [5.74, 6) is -0.396. The molecule has 60 heavy (non-hydrogen) atoms. The first-order chi connectivity index (χ1) is 29.1. The molecule has 356 valence electrons. The van der Waals surface area contributed by atoms with Crippen molar-refractivity contribution in [3.63, 3.8) is 0 Å². The maximum absolute atomic E-state index is 12.8. The van der Waals surface area contributed by atoms with Crippen LogP contribution in [-0.2, 0) is 38.3 Å². The molecule has 0 saturated carbocycles. The van der Waals surface area contributed by atoms with Crippen molar-refractivity contribution in [3.8, 4) is 0 Å². The zero-order valence-corrected chi connectivity index (χ0v) is 38.9. The summed E-state index contributed by atoms with van der Waals surface area (Å²) in [6.07, 6.45) is 33.9. The predicted molar refractivity (Wildman–Crippen MR) is 239 cm³/mol. The van der Waals surface area contributed by atoms with Crippen LogP contribution in [-0.4, -0.2) is 97.5 Å². The van der Waals surface area contributed by atoms with Crippen LogP contribution in [0.5, 0.6) is 0 Å². The summed E-state index contributed by atoms with van der Waals surface area (Å²) in [6, 6.07) is 0. The molecule has 0 aliphatic carbocycles. The minimum absolute atomic E-state index is 0.0408. The number of esters is 1. The Labute approximate surface area is 366 Å². The Morgan fingerprint density at radius 2 is 1.05 bits per heavy atom. The first kappa shape index (κ1) is 56.9. The number of unbranched alkanes of at least 4 members (excludes halogenated alkanes) is 28. The average molecular weight is 879 g/mol. The lowest BCUT2D eigenvalue weighted by Crippen LogP contribution is -2.60. The van der Waals surface area contributed by atoms with E-state index in [9.17, 15) is 28.5 Å². The normalized spacial score (nSPS) is 20.3. The molecule has 0 amide bonds. The van der Waals surface area contributed by atoms with Gasteiger partial charge in [0.25, 0.3) is 0 Å². The fraction of sp³-hybridized carbons (Fsp3) is 0.936. The van der Waals surface area contributed by atoms with Gasteiger partial charge in [-0.05, 0) is 38.5 Å². The van der Waals surface area contributed by atoms with E-state index in [1.165, 1.54) is 154 Å². The Bertz CT molecular complexity index is 1110. The highest BCUT2D eigenvalue weighted by Gasteiger charge is 2.48. The molecule has 1 aliphatic rings. The molecule has 1 aliphatic heterocycles. The minimum Gasteiger partial charge on any atom is -0.457 e. The van der Waals surface area contributed by atoms with Crippen LogP contribution in [0.2, 0.25) is 0 Å². The second-order valence-electron chi connectivity index (χ2n) is 17.1. The van der Waals surface area contributed by atoms with Gasteiger partial charge in [0, 0.05) is 13.0 Å². The highest BCUT2D eigenvalue weighted by Crippen LogP contribution is 2.26. The van der Waals surface area contributed by atoms with E-state index in [1.54, 1.807) is 0 Å². The first-order valence-electron chi connectivity index (χ1n) is 24.4. The van der Waals surface area contributed by atoms with Crippen LogP contribution in [0.15, 0.2) is 12.2 Å². The van der Waals surface area contributed by atoms with Crippen molar-refractivity contribution in [2.24, 2.45) is 0 Å². The fourth-order valence-corrected chi connectivity index (χ4v) is 8.18. The van der Waals surface area contributed by atoms with Crippen LogP contribution in [0, 0.1) is 0 Å². The van der Waals surface area contributed by atoms with E-state index in [0.29, 0.717) is 13.0 Å². The molecule has 13 heteroatoms. The summed E-state index contributed by atoms with van der Waals surface area (Å²) < 4.78 is 59.1. The Hall–Kier alpha value is -1.16. The van der Waals surface area contributed by atoms with Crippen molar-refractivity contribution in [2.75, 3.05) is 26.4 Å². The second-order valence-corrected chi connectivity index (χ2v) is 18.1. The molecule has 6 unspecified atom stereocenters.